The van der Waals surface area contributed by atoms with Gasteiger partial charge in [-0.25, -0.2) is 4.79 Å². The number of alkyl halides is 3. The largest absolute Gasteiger partial charge is 0.478 e. The molecule has 1 heterocycles. The molecule has 172 valence electrons. The van der Waals surface area contributed by atoms with Crippen LogP contribution in [0.5, 0.6) is 0 Å². The number of carbonyl (C=O) groups excluding carboxylic acids is 1. The highest BCUT2D eigenvalue weighted by atomic mass is 35.5. The molecule has 0 aliphatic carbocycles. The second kappa shape index (κ2) is 9.03. The molecule has 0 bridgehead atoms. The minimum atomic E-state index is -4.77. The maximum atomic E-state index is 13.8. The van der Waals surface area contributed by atoms with Gasteiger partial charge in [0, 0.05) is 16.8 Å². The summed E-state index contributed by atoms with van der Waals surface area (Å²) in [5.74, 6) is -2.02. The number of benzene rings is 3. The van der Waals surface area contributed by atoms with Gasteiger partial charge in [-0.15, -0.1) is 0 Å². The molecule has 6 nitrogen and oxygen atoms in total. The average Bonchev–Trinajstić information content (AvgIpc) is 3.24. The number of nitrogens with one attached hydrogen (secondary N) is 1. The normalized spacial score (nSPS) is 11.3. The Morgan fingerprint density at radius 1 is 0.941 bits per heavy atom. The van der Waals surface area contributed by atoms with Crippen LogP contribution in [0.3, 0.4) is 0 Å². The van der Waals surface area contributed by atoms with E-state index < -0.39 is 29.2 Å². The van der Waals surface area contributed by atoms with Gasteiger partial charge in [0.05, 0.1) is 16.1 Å². The van der Waals surface area contributed by atoms with Crippen LogP contribution in [0.15, 0.2) is 77.3 Å². The van der Waals surface area contributed by atoms with Crippen molar-refractivity contribution in [1.29, 1.82) is 0 Å². The molecule has 34 heavy (non-hydrogen) atoms. The summed E-state index contributed by atoms with van der Waals surface area (Å²) in [4.78, 5) is 24.4. The number of hydrogen-bond donors (Lipinski definition) is 2. The number of halogens is 4. The van der Waals surface area contributed by atoms with Gasteiger partial charge in [0.2, 0.25) is 0 Å². The predicted molar refractivity (Wildman–Crippen MR) is 119 cm³/mol. The summed E-state index contributed by atoms with van der Waals surface area (Å²) in [6.45, 7) is 0. The SMILES string of the molecule is O=C(O)c1ccc(NC(=O)c2c(-c3c(Cl)cccc3C(F)(F)F)noc2-c2ccccc2)cc1. The van der Waals surface area contributed by atoms with E-state index in [-0.39, 0.29) is 33.3 Å². The first-order chi connectivity index (χ1) is 16.2. The van der Waals surface area contributed by atoms with Crippen molar-refractivity contribution in [2.24, 2.45) is 0 Å². The zero-order valence-corrected chi connectivity index (χ0v) is 17.8. The molecule has 4 aromatic rings. The van der Waals surface area contributed by atoms with Crippen molar-refractivity contribution in [2.75, 3.05) is 5.32 Å². The zero-order valence-electron chi connectivity index (χ0n) is 17.1. The Balaban J connectivity index is 1.87. The van der Waals surface area contributed by atoms with E-state index in [1.54, 1.807) is 30.3 Å². The maximum absolute atomic E-state index is 13.8. The van der Waals surface area contributed by atoms with Gasteiger partial charge in [-0.3, -0.25) is 4.79 Å². The number of anilines is 1. The molecule has 0 radical (unpaired) electrons. The molecule has 0 aliphatic rings. The quantitative estimate of drug-likeness (QED) is 0.330. The summed E-state index contributed by atoms with van der Waals surface area (Å²) in [5.41, 5.74) is -1.57. The summed E-state index contributed by atoms with van der Waals surface area (Å²) < 4.78 is 46.6. The fraction of sp³-hybridized carbons (Fsp3) is 0.0417. The van der Waals surface area contributed by atoms with Gasteiger partial charge in [0.15, 0.2) is 5.76 Å². The van der Waals surface area contributed by atoms with Crippen LogP contribution >= 0.6 is 11.6 Å². The molecule has 0 spiro atoms. The number of aromatic carboxylic acids is 1. The highest BCUT2D eigenvalue weighted by Crippen LogP contribution is 2.43. The van der Waals surface area contributed by atoms with Crippen LogP contribution in [0.1, 0.15) is 26.3 Å². The first-order valence-electron chi connectivity index (χ1n) is 9.72. The lowest BCUT2D eigenvalue weighted by molar-refractivity contribution is -0.137. The van der Waals surface area contributed by atoms with Crippen LogP contribution in [0, 0.1) is 0 Å². The zero-order chi connectivity index (χ0) is 24.5. The van der Waals surface area contributed by atoms with E-state index in [2.05, 4.69) is 10.5 Å². The van der Waals surface area contributed by atoms with Crippen molar-refractivity contribution in [3.05, 3.63) is 94.5 Å². The lowest BCUT2D eigenvalue weighted by atomic mass is 9.97. The summed E-state index contributed by atoms with van der Waals surface area (Å²) in [6.07, 6.45) is -4.77. The molecule has 0 fully saturated rings. The Morgan fingerprint density at radius 2 is 1.62 bits per heavy atom. The highest BCUT2D eigenvalue weighted by molar-refractivity contribution is 6.34. The van der Waals surface area contributed by atoms with Crippen LogP contribution in [0.2, 0.25) is 5.02 Å². The van der Waals surface area contributed by atoms with E-state index in [1.807, 2.05) is 0 Å². The van der Waals surface area contributed by atoms with E-state index in [9.17, 15) is 22.8 Å². The molecule has 4 rings (SSSR count). The van der Waals surface area contributed by atoms with Crippen molar-refractivity contribution in [1.82, 2.24) is 5.16 Å². The monoisotopic (exact) mass is 486 g/mol. The molecular weight excluding hydrogens is 473 g/mol. The van der Waals surface area contributed by atoms with E-state index in [1.165, 1.54) is 30.3 Å². The number of amides is 1. The number of hydrogen-bond acceptors (Lipinski definition) is 4. The lowest BCUT2D eigenvalue weighted by Gasteiger charge is -2.14. The van der Waals surface area contributed by atoms with Crippen LogP contribution < -0.4 is 5.32 Å². The molecule has 0 atom stereocenters. The average molecular weight is 487 g/mol. The van der Waals surface area contributed by atoms with Gasteiger partial charge >= 0.3 is 12.1 Å². The van der Waals surface area contributed by atoms with E-state index in [0.29, 0.717) is 5.56 Å². The number of carboxylic acid groups (broad SMARTS) is 1. The number of nitrogens with zero attached hydrogens (tertiary/aromatic N) is 1. The van der Waals surface area contributed by atoms with Gasteiger partial charge in [-0.1, -0.05) is 53.2 Å². The lowest BCUT2D eigenvalue weighted by Crippen LogP contribution is -2.15. The Hall–Kier alpha value is -4.11. The van der Waals surface area contributed by atoms with E-state index in [4.69, 9.17) is 21.2 Å². The smallest absolute Gasteiger partial charge is 0.417 e. The Bertz CT molecular complexity index is 1370. The highest BCUT2D eigenvalue weighted by Gasteiger charge is 2.38. The Morgan fingerprint density at radius 3 is 2.24 bits per heavy atom. The first-order valence-corrected chi connectivity index (χ1v) is 10.1. The minimum Gasteiger partial charge on any atom is -0.478 e. The molecule has 0 saturated carbocycles. The third kappa shape index (κ3) is 4.51. The molecular formula is C24H14ClF3N2O4. The van der Waals surface area contributed by atoms with Crippen molar-refractivity contribution in [3.8, 4) is 22.6 Å². The molecule has 3 aromatic carbocycles. The first kappa shape index (κ1) is 23.1. The molecule has 2 N–H and O–H groups in total. The fourth-order valence-electron chi connectivity index (χ4n) is 3.35. The second-order valence-electron chi connectivity index (χ2n) is 7.10. The fourth-order valence-corrected chi connectivity index (χ4v) is 3.61. The van der Waals surface area contributed by atoms with Crippen LogP contribution in [0.4, 0.5) is 18.9 Å². The Labute approximate surface area is 195 Å². The number of carboxylic acids is 1. The van der Waals surface area contributed by atoms with Gasteiger partial charge in [0.1, 0.15) is 11.3 Å². The van der Waals surface area contributed by atoms with Gasteiger partial charge < -0.3 is 14.9 Å². The number of rotatable bonds is 5. The number of aromatic nitrogens is 1. The van der Waals surface area contributed by atoms with Gasteiger partial charge in [-0.05, 0) is 36.4 Å². The third-order valence-corrected chi connectivity index (χ3v) is 5.22. The molecule has 0 saturated heterocycles. The Kier molecular flexibility index (Phi) is 6.12. The molecule has 1 aromatic heterocycles. The van der Waals surface area contributed by atoms with Crippen LogP contribution in [-0.4, -0.2) is 22.1 Å². The standard InChI is InChI=1S/C24H14ClF3N2O4/c25-17-8-4-7-16(24(26,27)28)18(17)20-19(21(34-30-20)13-5-2-1-3-6-13)22(31)29-15-11-9-14(10-12-15)23(32)33/h1-12H,(H,29,31)(H,32,33). The van der Waals surface area contributed by atoms with Crippen molar-refractivity contribution >= 4 is 29.2 Å². The number of carbonyl (C=O) groups is 2. The van der Waals surface area contributed by atoms with Crippen LogP contribution in [0.25, 0.3) is 22.6 Å². The van der Waals surface area contributed by atoms with Crippen molar-refractivity contribution in [2.45, 2.75) is 6.18 Å². The topological polar surface area (TPSA) is 92.4 Å². The molecule has 0 unspecified atom stereocenters. The molecule has 10 heteroatoms. The minimum absolute atomic E-state index is 0.000438. The van der Waals surface area contributed by atoms with Crippen molar-refractivity contribution < 1.29 is 32.4 Å². The third-order valence-electron chi connectivity index (χ3n) is 4.90. The van der Waals surface area contributed by atoms with Gasteiger partial charge in [0.25, 0.3) is 5.91 Å². The summed E-state index contributed by atoms with van der Waals surface area (Å²) in [5, 5.41) is 15.1. The maximum Gasteiger partial charge on any atom is 0.417 e. The summed E-state index contributed by atoms with van der Waals surface area (Å²) in [7, 11) is 0. The van der Waals surface area contributed by atoms with Crippen LogP contribution in [-0.2, 0) is 6.18 Å². The van der Waals surface area contributed by atoms with Gasteiger partial charge in [-0.2, -0.15) is 13.2 Å². The summed E-state index contributed by atoms with van der Waals surface area (Å²) in [6, 6.07) is 16.8. The summed E-state index contributed by atoms with van der Waals surface area (Å²) >= 11 is 6.14. The predicted octanol–water partition coefficient (Wildman–Crippen LogP) is 6.63. The second-order valence-corrected chi connectivity index (χ2v) is 7.51. The molecule has 0 aliphatic heterocycles. The molecule has 1 amide bonds. The van der Waals surface area contributed by atoms with Crippen molar-refractivity contribution in [3.63, 3.8) is 0 Å². The van der Waals surface area contributed by atoms with E-state index >= 15 is 0 Å². The van der Waals surface area contributed by atoms with E-state index in [0.717, 1.165) is 12.1 Å².